The summed E-state index contributed by atoms with van der Waals surface area (Å²) < 4.78 is 0. The summed E-state index contributed by atoms with van der Waals surface area (Å²) in [6.45, 7) is 7.49. The van der Waals surface area contributed by atoms with Gasteiger partial charge in [0, 0.05) is 18.4 Å². The van der Waals surface area contributed by atoms with Crippen molar-refractivity contribution in [3.8, 4) is 0 Å². The summed E-state index contributed by atoms with van der Waals surface area (Å²) in [7, 11) is 0. The van der Waals surface area contributed by atoms with E-state index in [4.69, 9.17) is 0 Å². The van der Waals surface area contributed by atoms with E-state index in [0.717, 1.165) is 19.4 Å². The van der Waals surface area contributed by atoms with Crippen molar-refractivity contribution < 1.29 is 0 Å². The Morgan fingerprint density at radius 2 is 1.90 bits per heavy atom. The molecule has 2 aromatic rings. The molecule has 0 amide bonds. The summed E-state index contributed by atoms with van der Waals surface area (Å²) >= 11 is 0. The van der Waals surface area contributed by atoms with Gasteiger partial charge in [0.1, 0.15) is 0 Å². The highest BCUT2D eigenvalue weighted by Gasteiger charge is 2.13. The zero-order chi connectivity index (χ0) is 14.4. The smallest absolute Gasteiger partial charge is 0.0341 e. The minimum atomic E-state index is 0.383. The van der Waals surface area contributed by atoms with Crippen LogP contribution < -0.4 is 5.32 Å². The van der Waals surface area contributed by atoms with E-state index in [2.05, 4.69) is 61.4 Å². The second kappa shape index (κ2) is 7.20. The molecule has 0 radical (unpaired) electrons. The Bertz CT molecular complexity index is 549. The van der Waals surface area contributed by atoms with E-state index in [1.54, 1.807) is 0 Å². The molecule has 1 aromatic heterocycles. The maximum atomic E-state index is 4.28. The number of aryl methyl sites for hydroxylation is 3. The van der Waals surface area contributed by atoms with Gasteiger partial charge in [-0.3, -0.25) is 4.98 Å². The van der Waals surface area contributed by atoms with Crippen LogP contribution in [0.15, 0.2) is 42.7 Å². The zero-order valence-electron chi connectivity index (χ0n) is 12.7. The largest absolute Gasteiger partial charge is 0.310 e. The lowest BCUT2D eigenvalue weighted by Crippen LogP contribution is -2.22. The minimum absolute atomic E-state index is 0.383. The van der Waals surface area contributed by atoms with E-state index in [0.29, 0.717) is 6.04 Å². The summed E-state index contributed by atoms with van der Waals surface area (Å²) in [5, 5.41) is 3.59. The van der Waals surface area contributed by atoms with Crippen molar-refractivity contribution >= 4 is 0 Å². The van der Waals surface area contributed by atoms with Gasteiger partial charge >= 0.3 is 0 Å². The molecule has 0 saturated carbocycles. The maximum absolute atomic E-state index is 4.28. The summed E-state index contributed by atoms with van der Waals surface area (Å²) in [6.07, 6.45) is 6.06. The van der Waals surface area contributed by atoms with E-state index in [-0.39, 0.29) is 0 Å². The SMILES string of the molecule is CCNC(CCc1ccccc1C)c1cnccc1C. The third-order valence-corrected chi connectivity index (χ3v) is 3.87. The number of hydrogen-bond donors (Lipinski definition) is 1. The van der Waals surface area contributed by atoms with Gasteiger partial charge in [-0.2, -0.15) is 0 Å². The fraction of sp³-hybridized carbons (Fsp3) is 0.389. The first-order chi connectivity index (χ1) is 9.72. The van der Waals surface area contributed by atoms with Gasteiger partial charge in [-0.25, -0.2) is 0 Å². The topological polar surface area (TPSA) is 24.9 Å². The second-order valence-corrected chi connectivity index (χ2v) is 5.31. The van der Waals surface area contributed by atoms with Crippen molar-refractivity contribution in [1.82, 2.24) is 10.3 Å². The van der Waals surface area contributed by atoms with Crippen LogP contribution in [0.2, 0.25) is 0 Å². The van der Waals surface area contributed by atoms with Gasteiger partial charge in [0.2, 0.25) is 0 Å². The molecular formula is C18H24N2. The predicted molar refractivity (Wildman–Crippen MR) is 84.9 cm³/mol. The number of benzene rings is 1. The standard InChI is InChI=1S/C18H24N2/c1-4-20-18(17-13-19-12-11-15(17)3)10-9-16-8-6-5-7-14(16)2/h5-8,11-13,18,20H,4,9-10H2,1-3H3. The van der Waals surface area contributed by atoms with Crippen molar-refractivity contribution in [3.05, 3.63) is 65.0 Å². The van der Waals surface area contributed by atoms with Crippen LogP contribution in [0.3, 0.4) is 0 Å². The molecule has 1 unspecified atom stereocenters. The molecule has 2 nitrogen and oxygen atoms in total. The van der Waals surface area contributed by atoms with Crippen LogP contribution in [-0.2, 0) is 6.42 Å². The summed E-state index contributed by atoms with van der Waals surface area (Å²) in [6, 6.07) is 11.1. The van der Waals surface area contributed by atoms with E-state index >= 15 is 0 Å². The van der Waals surface area contributed by atoms with Crippen molar-refractivity contribution in [1.29, 1.82) is 0 Å². The van der Waals surface area contributed by atoms with Gasteiger partial charge in [0.15, 0.2) is 0 Å². The first-order valence-corrected chi connectivity index (χ1v) is 7.40. The third-order valence-electron chi connectivity index (χ3n) is 3.87. The fourth-order valence-electron chi connectivity index (χ4n) is 2.65. The van der Waals surface area contributed by atoms with Gasteiger partial charge in [-0.05, 0) is 61.6 Å². The third kappa shape index (κ3) is 3.67. The Labute approximate surface area is 122 Å². The highest BCUT2D eigenvalue weighted by molar-refractivity contribution is 5.28. The molecule has 1 aromatic carbocycles. The molecule has 0 saturated heterocycles. The zero-order valence-corrected chi connectivity index (χ0v) is 12.7. The highest BCUT2D eigenvalue weighted by atomic mass is 14.9. The lowest BCUT2D eigenvalue weighted by atomic mass is 9.95. The number of nitrogens with zero attached hydrogens (tertiary/aromatic N) is 1. The van der Waals surface area contributed by atoms with Gasteiger partial charge < -0.3 is 5.32 Å². The van der Waals surface area contributed by atoms with Gasteiger partial charge in [-0.1, -0.05) is 31.2 Å². The average Bonchev–Trinajstić information content (AvgIpc) is 2.46. The van der Waals surface area contributed by atoms with Crippen molar-refractivity contribution in [3.63, 3.8) is 0 Å². The van der Waals surface area contributed by atoms with Crippen LogP contribution in [0, 0.1) is 13.8 Å². The average molecular weight is 268 g/mol. The Morgan fingerprint density at radius 1 is 1.10 bits per heavy atom. The highest BCUT2D eigenvalue weighted by Crippen LogP contribution is 2.22. The van der Waals surface area contributed by atoms with E-state index < -0.39 is 0 Å². The molecule has 1 atom stereocenters. The minimum Gasteiger partial charge on any atom is -0.310 e. The van der Waals surface area contributed by atoms with Crippen LogP contribution in [0.1, 0.15) is 41.6 Å². The Kier molecular flexibility index (Phi) is 5.31. The summed E-state index contributed by atoms with van der Waals surface area (Å²) in [5.74, 6) is 0. The maximum Gasteiger partial charge on any atom is 0.0341 e. The Morgan fingerprint density at radius 3 is 2.60 bits per heavy atom. The molecule has 1 heterocycles. The van der Waals surface area contributed by atoms with Crippen LogP contribution in [0.4, 0.5) is 0 Å². The number of aromatic nitrogens is 1. The molecule has 0 bridgehead atoms. The number of pyridine rings is 1. The van der Waals surface area contributed by atoms with Crippen LogP contribution >= 0.6 is 0 Å². The Balaban J connectivity index is 2.11. The monoisotopic (exact) mass is 268 g/mol. The van der Waals surface area contributed by atoms with E-state index in [9.17, 15) is 0 Å². The molecule has 0 spiro atoms. The van der Waals surface area contributed by atoms with Gasteiger partial charge in [0.05, 0.1) is 0 Å². The molecule has 20 heavy (non-hydrogen) atoms. The quantitative estimate of drug-likeness (QED) is 0.857. The van der Waals surface area contributed by atoms with Crippen molar-refractivity contribution in [2.75, 3.05) is 6.54 Å². The molecule has 2 rings (SSSR count). The lowest BCUT2D eigenvalue weighted by Gasteiger charge is -2.20. The number of rotatable bonds is 6. The molecule has 106 valence electrons. The number of nitrogens with one attached hydrogen (secondary N) is 1. The number of hydrogen-bond acceptors (Lipinski definition) is 2. The first-order valence-electron chi connectivity index (χ1n) is 7.40. The van der Waals surface area contributed by atoms with Crippen LogP contribution in [0.25, 0.3) is 0 Å². The normalized spacial score (nSPS) is 12.3. The Hall–Kier alpha value is -1.67. The predicted octanol–water partition coefficient (Wildman–Crippen LogP) is 3.98. The fourth-order valence-corrected chi connectivity index (χ4v) is 2.65. The molecule has 0 aliphatic rings. The molecule has 0 aliphatic carbocycles. The van der Waals surface area contributed by atoms with E-state index in [1.165, 1.54) is 22.3 Å². The summed E-state index contributed by atoms with van der Waals surface area (Å²) in [4.78, 5) is 4.28. The molecule has 0 fully saturated rings. The molecule has 0 aliphatic heterocycles. The summed E-state index contributed by atoms with van der Waals surface area (Å²) in [5.41, 5.74) is 5.46. The molecule has 1 N–H and O–H groups in total. The first kappa shape index (κ1) is 14.7. The van der Waals surface area contributed by atoms with Gasteiger partial charge in [0.25, 0.3) is 0 Å². The lowest BCUT2D eigenvalue weighted by molar-refractivity contribution is 0.511. The molecule has 2 heteroatoms. The molecular weight excluding hydrogens is 244 g/mol. The van der Waals surface area contributed by atoms with Crippen LogP contribution in [-0.4, -0.2) is 11.5 Å². The van der Waals surface area contributed by atoms with Crippen molar-refractivity contribution in [2.45, 2.75) is 39.7 Å². The van der Waals surface area contributed by atoms with E-state index in [1.807, 2.05) is 12.4 Å². The second-order valence-electron chi connectivity index (χ2n) is 5.31. The van der Waals surface area contributed by atoms with Gasteiger partial charge in [-0.15, -0.1) is 0 Å². The van der Waals surface area contributed by atoms with Crippen molar-refractivity contribution in [2.24, 2.45) is 0 Å². The van der Waals surface area contributed by atoms with Crippen LogP contribution in [0.5, 0.6) is 0 Å².